The first-order valence-electron chi connectivity index (χ1n) is 11.3. The van der Waals surface area contributed by atoms with E-state index in [4.69, 9.17) is 9.47 Å². The SMILES string of the molecule is CN=C(NCCCc1cc2c(OC)cc(OC)cc2[nH]1)N1CCC(C)C(n2ccnc2)C1. The molecular weight excluding hydrogens is 404 g/mol. The molecule has 1 fully saturated rings. The van der Waals surface area contributed by atoms with Crippen molar-refractivity contribution < 1.29 is 9.47 Å². The summed E-state index contributed by atoms with van der Waals surface area (Å²) in [7, 11) is 5.22. The maximum Gasteiger partial charge on any atom is 0.193 e. The van der Waals surface area contributed by atoms with Gasteiger partial charge in [0.2, 0.25) is 0 Å². The van der Waals surface area contributed by atoms with Crippen molar-refractivity contribution >= 4 is 16.9 Å². The van der Waals surface area contributed by atoms with Crippen molar-refractivity contribution in [1.82, 2.24) is 24.8 Å². The fraction of sp³-hybridized carbons (Fsp3) is 0.500. The van der Waals surface area contributed by atoms with Gasteiger partial charge < -0.3 is 29.2 Å². The zero-order valence-corrected chi connectivity index (χ0v) is 19.5. The smallest absolute Gasteiger partial charge is 0.193 e. The highest BCUT2D eigenvalue weighted by Crippen LogP contribution is 2.32. The molecule has 0 radical (unpaired) electrons. The Labute approximate surface area is 189 Å². The number of methoxy groups -OCH3 is 2. The summed E-state index contributed by atoms with van der Waals surface area (Å²) in [5.74, 6) is 3.21. The molecule has 1 aliphatic heterocycles. The molecule has 8 nitrogen and oxygen atoms in total. The molecule has 1 saturated heterocycles. The lowest BCUT2D eigenvalue weighted by atomic mass is 9.93. The second-order valence-electron chi connectivity index (χ2n) is 8.45. The maximum atomic E-state index is 5.53. The first-order valence-corrected chi connectivity index (χ1v) is 11.3. The molecule has 3 aromatic rings. The molecule has 1 aliphatic rings. The number of aryl methyl sites for hydroxylation is 1. The van der Waals surface area contributed by atoms with E-state index in [0.29, 0.717) is 12.0 Å². The third kappa shape index (κ3) is 4.69. The van der Waals surface area contributed by atoms with Gasteiger partial charge in [0.1, 0.15) is 11.5 Å². The lowest BCUT2D eigenvalue weighted by molar-refractivity contribution is 0.189. The number of hydrogen-bond acceptors (Lipinski definition) is 4. The number of aliphatic imine (C=N–C) groups is 1. The topological polar surface area (TPSA) is 79.7 Å². The van der Waals surface area contributed by atoms with Crippen molar-refractivity contribution in [3.05, 3.63) is 42.6 Å². The number of imidazole rings is 1. The highest BCUT2D eigenvalue weighted by atomic mass is 16.5. The molecule has 0 saturated carbocycles. The molecule has 2 atom stereocenters. The van der Waals surface area contributed by atoms with Crippen LogP contribution in [0.4, 0.5) is 0 Å². The van der Waals surface area contributed by atoms with E-state index in [0.717, 1.165) is 67.3 Å². The minimum Gasteiger partial charge on any atom is -0.497 e. The normalized spacial score (nSPS) is 19.4. The van der Waals surface area contributed by atoms with Gasteiger partial charge in [0.15, 0.2) is 5.96 Å². The van der Waals surface area contributed by atoms with Gasteiger partial charge in [-0.3, -0.25) is 4.99 Å². The number of nitrogens with one attached hydrogen (secondary N) is 2. The minimum atomic E-state index is 0.420. The summed E-state index contributed by atoms with van der Waals surface area (Å²) >= 11 is 0. The van der Waals surface area contributed by atoms with E-state index in [1.165, 1.54) is 5.69 Å². The number of nitrogens with zero attached hydrogens (tertiary/aromatic N) is 4. The largest absolute Gasteiger partial charge is 0.497 e. The molecular formula is C24H34N6O2. The van der Waals surface area contributed by atoms with E-state index in [2.05, 4.69) is 48.9 Å². The van der Waals surface area contributed by atoms with Crippen molar-refractivity contribution in [3.63, 3.8) is 0 Å². The molecule has 0 bridgehead atoms. The van der Waals surface area contributed by atoms with E-state index >= 15 is 0 Å². The molecule has 172 valence electrons. The summed E-state index contributed by atoms with van der Waals surface area (Å²) in [5, 5.41) is 4.64. The van der Waals surface area contributed by atoms with E-state index in [1.54, 1.807) is 14.2 Å². The van der Waals surface area contributed by atoms with Gasteiger partial charge in [-0.2, -0.15) is 0 Å². The number of likely N-dealkylation sites (tertiary alicyclic amines) is 1. The number of aromatic amines is 1. The number of fused-ring (bicyclic) bond motifs is 1. The van der Waals surface area contributed by atoms with Gasteiger partial charge in [0.05, 0.1) is 32.1 Å². The highest BCUT2D eigenvalue weighted by molar-refractivity contribution is 5.88. The van der Waals surface area contributed by atoms with Crippen molar-refractivity contribution in [1.29, 1.82) is 0 Å². The Bertz CT molecular complexity index is 1040. The number of piperidine rings is 1. The maximum absolute atomic E-state index is 5.53. The predicted octanol–water partition coefficient (Wildman–Crippen LogP) is 3.47. The van der Waals surface area contributed by atoms with Crippen LogP contribution in [0.5, 0.6) is 11.5 Å². The van der Waals surface area contributed by atoms with Crippen LogP contribution in [0.2, 0.25) is 0 Å². The van der Waals surface area contributed by atoms with E-state index in [9.17, 15) is 0 Å². The summed E-state index contributed by atoms with van der Waals surface area (Å²) in [6, 6.07) is 6.52. The number of benzene rings is 1. The summed E-state index contributed by atoms with van der Waals surface area (Å²) in [5.41, 5.74) is 2.23. The van der Waals surface area contributed by atoms with Gasteiger partial charge in [-0.1, -0.05) is 6.92 Å². The van der Waals surface area contributed by atoms with E-state index in [1.807, 2.05) is 31.7 Å². The Morgan fingerprint density at radius 3 is 2.88 bits per heavy atom. The van der Waals surface area contributed by atoms with Crippen LogP contribution in [-0.2, 0) is 6.42 Å². The van der Waals surface area contributed by atoms with Crippen LogP contribution in [0.25, 0.3) is 10.9 Å². The second-order valence-corrected chi connectivity index (χ2v) is 8.45. The first kappa shape index (κ1) is 22.0. The van der Waals surface area contributed by atoms with Crippen LogP contribution >= 0.6 is 0 Å². The van der Waals surface area contributed by atoms with Gasteiger partial charge in [-0.25, -0.2) is 4.98 Å². The van der Waals surface area contributed by atoms with Gasteiger partial charge in [-0.15, -0.1) is 0 Å². The molecule has 32 heavy (non-hydrogen) atoms. The van der Waals surface area contributed by atoms with Crippen LogP contribution in [0.3, 0.4) is 0 Å². The summed E-state index contributed by atoms with van der Waals surface area (Å²) in [4.78, 5) is 14.6. The van der Waals surface area contributed by atoms with Crippen LogP contribution in [-0.4, -0.2) is 66.3 Å². The Kier molecular flexibility index (Phi) is 6.87. The third-order valence-corrected chi connectivity index (χ3v) is 6.43. The van der Waals surface area contributed by atoms with E-state index in [-0.39, 0.29) is 0 Å². The summed E-state index contributed by atoms with van der Waals surface area (Å²) in [6.07, 6.45) is 8.93. The van der Waals surface area contributed by atoms with Gasteiger partial charge in [-0.05, 0) is 31.2 Å². The third-order valence-electron chi connectivity index (χ3n) is 6.43. The molecule has 8 heteroatoms. The van der Waals surface area contributed by atoms with Crippen molar-refractivity contribution in [2.24, 2.45) is 10.9 Å². The van der Waals surface area contributed by atoms with Crippen LogP contribution in [0.15, 0.2) is 41.9 Å². The molecule has 0 spiro atoms. The van der Waals surface area contributed by atoms with Crippen LogP contribution in [0.1, 0.15) is 31.5 Å². The Morgan fingerprint density at radius 1 is 1.28 bits per heavy atom. The Morgan fingerprint density at radius 2 is 2.16 bits per heavy atom. The van der Waals surface area contributed by atoms with Crippen LogP contribution in [0, 0.1) is 5.92 Å². The average molecular weight is 439 g/mol. The Hall–Kier alpha value is -3.16. The summed E-state index contributed by atoms with van der Waals surface area (Å²) in [6.45, 7) is 5.16. The number of ether oxygens (including phenoxy) is 2. The zero-order valence-electron chi connectivity index (χ0n) is 19.5. The quantitative estimate of drug-likeness (QED) is 0.335. The predicted molar refractivity (Wildman–Crippen MR) is 128 cm³/mol. The van der Waals surface area contributed by atoms with E-state index < -0.39 is 0 Å². The van der Waals surface area contributed by atoms with Gasteiger partial charge in [0, 0.05) is 62.3 Å². The summed E-state index contributed by atoms with van der Waals surface area (Å²) < 4.78 is 13.1. The molecule has 0 aliphatic carbocycles. The second kappa shape index (κ2) is 9.97. The molecule has 1 aromatic carbocycles. The fourth-order valence-electron chi connectivity index (χ4n) is 4.56. The molecule has 2 unspecified atom stereocenters. The minimum absolute atomic E-state index is 0.420. The Balaban J connectivity index is 1.32. The van der Waals surface area contributed by atoms with Crippen molar-refractivity contribution in [3.8, 4) is 11.5 Å². The highest BCUT2D eigenvalue weighted by Gasteiger charge is 2.28. The standard InChI is InChI=1S/C24H34N6O2/c1-17-7-10-29(15-22(17)30-11-9-26-16-30)24(25-2)27-8-5-6-18-12-20-21(28-18)13-19(31-3)14-23(20)32-4/h9,11-14,16-17,22,28H,5-8,10,15H2,1-4H3,(H,25,27). The molecule has 3 heterocycles. The first-order chi connectivity index (χ1) is 15.6. The average Bonchev–Trinajstić information content (AvgIpc) is 3.49. The monoisotopic (exact) mass is 438 g/mol. The molecule has 4 rings (SSSR count). The van der Waals surface area contributed by atoms with Crippen molar-refractivity contribution in [2.45, 2.75) is 32.2 Å². The molecule has 0 amide bonds. The van der Waals surface area contributed by atoms with Crippen molar-refractivity contribution in [2.75, 3.05) is 40.9 Å². The molecule has 2 aromatic heterocycles. The number of guanidine groups is 1. The van der Waals surface area contributed by atoms with Gasteiger partial charge in [0.25, 0.3) is 0 Å². The zero-order chi connectivity index (χ0) is 22.5. The van der Waals surface area contributed by atoms with Crippen LogP contribution < -0.4 is 14.8 Å². The fourth-order valence-corrected chi connectivity index (χ4v) is 4.56. The lowest BCUT2D eigenvalue weighted by Gasteiger charge is -2.39. The number of hydrogen-bond donors (Lipinski definition) is 2. The lowest BCUT2D eigenvalue weighted by Crippen LogP contribution is -2.49. The van der Waals surface area contributed by atoms with Gasteiger partial charge >= 0.3 is 0 Å². The number of rotatable bonds is 7. The number of aromatic nitrogens is 3. The number of H-pyrrole nitrogens is 1. The molecule has 2 N–H and O–H groups in total.